The number of hydrogen-bond donors (Lipinski definition) is 1. The van der Waals surface area contributed by atoms with Crippen LogP contribution in [0.2, 0.25) is 0 Å². The predicted octanol–water partition coefficient (Wildman–Crippen LogP) is 0.161. The summed E-state index contributed by atoms with van der Waals surface area (Å²) in [6.07, 6.45) is 0.990. The Balaban J connectivity index is 2.13. The van der Waals surface area contributed by atoms with E-state index in [0.717, 1.165) is 13.0 Å². The highest BCUT2D eigenvalue weighted by molar-refractivity contribution is 5.72. The highest BCUT2D eigenvalue weighted by Gasteiger charge is 2.19. The first-order valence-corrected chi connectivity index (χ1v) is 4.68. The zero-order chi connectivity index (χ0) is 9.68. The van der Waals surface area contributed by atoms with Crippen molar-refractivity contribution < 1.29 is 14.3 Å². The molecule has 1 aliphatic rings. The predicted molar refractivity (Wildman–Crippen MR) is 48.1 cm³/mol. The van der Waals surface area contributed by atoms with E-state index < -0.39 is 0 Å². The van der Waals surface area contributed by atoms with E-state index in [9.17, 15) is 4.79 Å². The van der Waals surface area contributed by atoms with E-state index in [-0.39, 0.29) is 11.9 Å². The van der Waals surface area contributed by atoms with Gasteiger partial charge in [0.05, 0.1) is 19.1 Å². The minimum atomic E-state index is -0.200. The molecule has 0 aromatic heterocycles. The first-order chi connectivity index (χ1) is 6.24. The molecule has 2 unspecified atom stereocenters. The Labute approximate surface area is 78.4 Å². The third-order valence-corrected chi connectivity index (χ3v) is 2.24. The maximum atomic E-state index is 11.2. The zero-order valence-electron chi connectivity index (χ0n) is 7.99. The van der Waals surface area contributed by atoms with Gasteiger partial charge in [-0.25, -0.2) is 0 Å². The van der Waals surface area contributed by atoms with E-state index in [4.69, 9.17) is 15.2 Å². The summed E-state index contributed by atoms with van der Waals surface area (Å²) in [6.45, 7) is 4.09. The maximum Gasteiger partial charge on any atom is 0.309 e. The van der Waals surface area contributed by atoms with Gasteiger partial charge in [0.2, 0.25) is 0 Å². The molecule has 1 heterocycles. The van der Waals surface area contributed by atoms with Gasteiger partial charge in [-0.1, -0.05) is 6.92 Å². The molecule has 4 heteroatoms. The molecule has 76 valence electrons. The molecule has 0 aromatic rings. The molecule has 1 fully saturated rings. The Hall–Kier alpha value is -0.610. The van der Waals surface area contributed by atoms with Crippen LogP contribution in [0.4, 0.5) is 0 Å². The van der Waals surface area contributed by atoms with Gasteiger partial charge >= 0.3 is 5.97 Å². The van der Waals surface area contributed by atoms with Crippen molar-refractivity contribution in [3.8, 4) is 0 Å². The molecule has 1 rings (SSSR count). The molecule has 13 heavy (non-hydrogen) atoms. The Bertz CT molecular complexity index is 166. The van der Waals surface area contributed by atoms with Crippen LogP contribution in [0.3, 0.4) is 0 Å². The standard InChI is InChI=1S/C9H17NO3/c1-7(4-10)9(11)13-6-8-2-3-12-5-8/h7-8H,2-6,10H2,1H3. The van der Waals surface area contributed by atoms with Crippen LogP contribution in [0.5, 0.6) is 0 Å². The van der Waals surface area contributed by atoms with Gasteiger partial charge in [0.15, 0.2) is 0 Å². The summed E-state index contributed by atoms with van der Waals surface area (Å²) in [5, 5.41) is 0. The third-order valence-electron chi connectivity index (χ3n) is 2.24. The maximum absolute atomic E-state index is 11.2. The second kappa shape index (κ2) is 5.19. The van der Waals surface area contributed by atoms with Crippen molar-refractivity contribution in [2.75, 3.05) is 26.4 Å². The average molecular weight is 187 g/mol. The van der Waals surface area contributed by atoms with Crippen molar-refractivity contribution in [1.29, 1.82) is 0 Å². The van der Waals surface area contributed by atoms with Crippen molar-refractivity contribution in [2.24, 2.45) is 17.6 Å². The largest absolute Gasteiger partial charge is 0.465 e. The van der Waals surface area contributed by atoms with E-state index in [0.29, 0.717) is 25.7 Å². The monoisotopic (exact) mass is 187 g/mol. The summed E-state index contributed by atoms with van der Waals surface area (Å²) in [5.74, 6) is -0.00866. The minimum Gasteiger partial charge on any atom is -0.465 e. The number of carbonyl (C=O) groups is 1. The minimum absolute atomic E-state index is 0.192. The fourth-order valence-corrected chi connectivity index (χ4v) is 1.15. The van der Waals surface area contributed by atoms with Gasteiger partial charge < -0.3 is 15.2 Å². The van der Waals surface area contributed by atoms with Crippen LogP contribution in [0.25, 0.3) is 0 Å². The van der Waals surface area contributed by atoms with Crippen molar-refractivity contribution in [3.05, 3.63) is 0 Å². The molecule has 0 amide bonds. The Morgan fingerprint density at radius 2 is 2.54 bits per heavy atom. The van der Waals surface area contributed by atoms with Crippen LogP contribution < -0.4 is 5.73 Å². The van der Waals surface area contributed by atoms with E-state index in [1.165, 1.54) is 0 Å². The van der Waals surface area contributed by atoms with Crippen LogP contribution in [0.15, 0.2) is 0 Å². The molecule has 0 bridgehead atoms. The normalized spacial score (nSPS) is 24.3. The lowest BCUT2D eigenvalue weighted by Gasteiger charge is -2.11. The fourth-order valence-electron chi connectivity index (χ4n) is 1.15. The number of nitrogens with two attached hydrogens (primary N) is 1. The number of esters is 1. The smallest absolute Gasteiger partial charge is 0.309 e. The number of hydrogen-bond acceptors (Lipinski definition) is 4. The lowest BCUT2D eigenvalue weighted by atomic mass is 10.1. The highest BCUT2D eigenvalue weighted by atomic mass is 16.5. The van der Waals surface area contributed by atoms with Crippen LogP contribution >= 0.6 is 0 Å². The van der Waals surface area contributed by atoms with Crippen LogP contribution in [0, 0.1) is 11.8 Å². The molecule has 0 aromatic carbocycles. The zero-order valence-corrected chi connectivity index (χ0v) is 7.99. The SMILES string of the molecule is CC(CN)C(=O)OCC1CCOC1. The first kappa shape index (κ1) is 10.5. The quantitative estimate of drug-likeness (QED) is 0.637. The molecule has 0 radical (unpaired) electrons. The second-order valence-corrected chi connectivity index (χ2v) is 3.50. The van der Waals surface area contributed by atoms with Crippen molar-refractivity contribution in [1.82, 2.24) is 0 Å². The van der Waals surface area contributed by atoms with E-state index in [2.05, 4.69) is 0 Å². The summed E-state index contributed by atoms with van der Waals surface area (Å²) in [4.78, 5) is 11.2. The topological polar surface area (TPSA) is 61.6 Å². The molecule has 0 saturated carbocycles. The third kappa shape index (κ3) is 3.32. The van der Waals surface area contributed by atoms with Gasteiger partial charge in [0.1, 0.15) is 0 Å². The van der Waals surface area contributed by atoms with Crippen molar-refractivity contribution >= 4 is 5.97 Å². The molecular formula is C9H17NO3. The van der Waals surface area contributed by atoms with Crippen molar-refractivity contribution in [2.45, 2.75) is 13.3 Å². The van der Waals surface area contributed by atoms with E-state index in [1.807, 2.05) is 0 Å². The average Bonchev–Trinajstić information content (AvgIpc) is 2.65. The molecule has 2 atom stereocenters. The van der Waals surface area contributed by atoms with Gasteiger partial charge in [0, 0.05) is 19.1 Å². The van der Waals surface area contributed by atoms with Gasteiger partial charge in [-0.05, 0) is 6.42 Å². The summed E-state index contributed by atoms with van der Waals surface area (Å²) >= 11 is 0. The molecule has 2 N–H and O–H groups in total. The Kier molecular flexibility index (Phi) is 4.18. The molecule has 0 aliphatic carbocycles. The summed E-state index contributed by atoms with van der Waals surface area (Å²) in [5.41, 5.74) is 5.33. The number of ether oxygens (including phenoxy) is 2. The van der Waals surface area contributed by atoms with Gasteiger partial charge in [-0.3, -0.25) is 4.79 Å². The van der Waals surface area contributed by atoms with Crippen molar-refractivity contribution in [3.63, 3.8) is 0 Å². The molecule has 4 nitrogen and oxygen atoms in total. The number of carbonyl (C=O) groups excluding carboxylic acids is 1. The molecular weight excluding hydrogens is 170 g/mol. The molecule has 0 spiro atoms. The Morgan fingerprint density at radius 3 is 3.08 bits per heavy atom. The van der Waals surface area contributed by atoms with Crippen LogP contribution in [-0.2, 0) is 14.3 Å². The summed E-state index contributed by atoms with van der Waals surface area (Å²) < 4.78 is 10.2. The van der Waals surface area contributed by atoms with Gasteiger partial charge in [-0.15, -0.1) is 0 Å². The molecule has 1 saturated heterocycles. The second-order valence-electron chi connectivity index (χ2n) is 3.50. The van der Waals surface area contributed by atoms with Gasteiger partial charge in [0.25, 0.3) is 0 Å². The summed E-state index contributed by atoms with van der Waals surface area (Å²) in [7, 11) is 0. The fraction of sp³-hybridized carbons (Fsp3) is 0.889. The lowest BCUT2D eigenvalue weighted by Crippen LogP contribution is -2.25. The first-order valence-electron chi connectivity index (χ1n) is 4.68. The van der Waals surface area contributed by atoms with Crippen LogP contribution in [0.1, 0.15) is 13.3 Å². The van der Waals surface area contributed by atoms with Crippen LogP contribution in [-0.4, -0.2) is 32.3 Å². The number of rotatable bonds is 4. The highest BCUT2D eigenvalue weighted by Crippen LogP contribution is 2.12. The van der Waals surface area contributed by atoms with Gasteiger partial charge in [-0.2, -0.15) is 0 Å². The van der Waals surface area contributed by atoms with E-state index >= 15 is 0 Å². The van der Waals surface area contributed by atoms with E-state index in [1.54, 1.807) is 6.92 Å². The molecule has 1 aliphatic heterocycles. The lowest BCUT2D eigenvalue weighted by molar-refractivity contribution is -0.148. The Morgan fingerprint density at radius 1 is 1.77 bits per heavy atom. The summed E-state index contributed by atoms with van der Waals surface area (Å²) in [6, 6.07) is 0.